The monoisotopic (exact) mass is 692 g/mol. The lowest BCUT2D eigenvalue weighted by molar-refractivity contribution is -0.145. The molecule has 3 aliphatic rings. The van der Waals surface area contributed by atoms with Crippen LogP contribution in [0.5, 0.6) is 0 Å². The van der Waals surface area contributed by atoms with E-state index in [0.29, 0.717) is 31.3 Å². The van der Waals surface area contributed by atoms with E-state index in [1.807, 2.05) is 13.8 Å². The minimum Gasteiger partial charge on any atom is -0.481 e. The van der Waals surface area contributed by atoms with Gasteiger partial charge in [0.25, 0.3) is 0 Å². The third kappa shape index (κ3) is 8.34. The molecule has 2 heterocycles. The number of carbonyl (C=O) groups is 1. The number of aliphatic hydroxyl groups is 3. The normalized spacial score (nSPS) is 38.1. The number of halogens is 1. The molecule has 0 radical (unpaired) electrons. The van der Waals surface area contributed by atoms with Crippen LogP contribution in [0.1, 0.15) is 92.9 Å². The van der Waals surface area contributed by atoms with E-state index in [-0.39, 0.29) is 35.2 Å². The molecule has 11 unspecified atom stereocenters. The summed E-state index contributed by atoms with van der Waals surface area (Å²) in [5, 5.41) is 42.2. The molecule has 3 rings (SSSR count). The minimum atomic E-state index is -1.23. The highest BCUT2D eigenvalue weighted by Gasteiger charge is 2.53. The SMILES string of the molecule is C=CCC(O)C1C(=C)C(O)OC1C(O)C(C)(I)CCC(C)OC1CC([C@@H](C)C(=O)O)CCC2(C)OC2CCC1(C)C. The number of carboxylic acids is 1. The summed E-state index contributed by atoms with van der Waals surface area (Å²) in [6.45, 7) is 20.0. The summed E-state index contributed by atoms with van der Waals surface area (Å²) in [4.78, 5) is 12.0. The molecule has 0 amide bonds. The molecule has 0 spiro atoms. The zero-order chi connectivity index (χ0) is 30.9. The van der Waals surface area contributed by atoms with Gasteiger partial charge < -0.3 is 34.6 Å². The summed E-state index contributed by atoms with van der Waals surface area (Å²) in [6, 6.07) is 0. The van der Waals surface area contributed by atoms with Crippen LogP contribution in [-0.2, 0) is 19.0 Å². The predicted octanol–water partition coefficient (Wildman–Crippen LogP) is 5.41. The molecule has 41 heavy (non-hydrogen) atoms. The molecular weight excluding hydrogens is 639 g/mol. The maximum absolute atomic E-state index is 12.0. The van der Waals surface area contributed by atoms with Crippen LogP contribution in [0.3, 0.4) is 0 Å². The summed E-state index contributed by atoms with van der Waals surface area (Å²) in [5.41, 5.74) is 0.0726. The van der Waals surface area contributed by atoms with Crippen LogP contribution in [0.2, 0.25) is 0 Å². The predicted molar refractivity (Wildman–Crippen MR) is 167 cm³/mol. The Morgan fingerprint density at radius 2 is 1.90 bits per heavy atom. The molecule has 0 aromatic rings. The van der Waals surface area contributed by atoms with Crippen molar-refractivity contribution in [3.63, 3.8) is 0 Å². The minimum absolute atomic E-state index is 0.0154. The molecule has 4 N–H and O–H groups in total. The molecule has 1 aliphatic carbocycles. The Morgan fingerprint density at radius 1 is 1.24 bits per heavy atom. The molecule has 1 saturated carbocycles. The van der Waals surface area contributed by atoms with Gasteiger partial charge in [-0.2, -0.15) is 0 Å². The average Bonchev–Trinajstić information content (AvgIpc) is 3.45. The summed E-state index contributed by atoms with van der Waals surface area (Å²) in [6.07, 6.45) is 3.54. The Bertz CT molecular complexity index is 937. The first kappa shape index (κ1) is 34.9. The van der Waals surface area contributed by atoms with E-state index in [0.717, 1.165) is 25.7 Å². The number of carboxylic acid groups (broad SMARTS) is 1. The number of alkyl halides is 1. The quantitative estimate of drug-likeness (QED) is 0.0927. The molecular formula is C32H53IO8. The molecule has 0 bridgehead atoms. The molecule has 0 aromatic carbocycles. The zero-order valence-corrected chi connectivity index (χ0v) is 27.9. The van der Waals surface area contributed by atoms with Gasteiger partial charge in [0.05, 0.1) is 48.1 Å². The van der Waals surface area contributed by atoms with Crippen molar-refractivity contribution in [3.05, 3.63) is 24.8 Å². The molecule has 2 aliphatic heterocycles. The first-order valence-corrected chi connectivity index (χ1v) is 16.3. The van der Waals surface area contributed by atoms with E-state index in [2.05, 4.69) is 56.5 Å². The second-order valence-corrected chi connectivity index (χ2v) is 16.4. The highest BCUT2D eigenvalue weighted by atomic mass is 127. The van der Waals surface area contributed by atoms with Crippen molar-refractivity contribution >= 4 is 28.6 Å². The number of epoxide rings is 1. The van der Waals surface area contributed by atoms with E-state index in [1.54, 1.807) is 13.0 Å². The number of fused-ring (bicyclic) bond motifs is 1. The van der Waals surface area contributed by atoms with Gasteiger partial charge in [-0.3, -0.25) is 4.79 Å². The maximum atomic E-state index is 12.0. The van der Waals surface area contributed by atoms with Crippen molar-refractivity contribution in [1.29, 1.82) is 0 Å². The highest BCUT2D eigenvalue weighted by molar-refractivity contribution is 14.1. The van der Waals surface area contributed by atoms with Gasteiger partial charge >= 0.3 is 5.97 Å². The van der Waals surface area contributed by atoms with Gasteiger partial charge in [-0.05, 0) is 89.0 Å². The topological polar surface area (TPSA) is 129 Å². The van der Waals surface area contributed by atoms with Crippen molar-refractivity contribution in [2.24, 2.45) is 23.2 Å². The van der Waals surface area contributed by atoms with Crippen LogP contribution in [-0.4, -0.2) is 78.3 Å². The summed E-state index contributed by atoms with van der Waals surface area (Å²) < 4.78 is 17.9. The van der Waals surface area contributed by atoms with Crippen LogP contribution in [0.4, 0.5) is 0 Å². The molecule has 12 atom stereocenters. The van der Waals surface area contributed by atoms with Gasteiger partial charge in [0.2, 0.25) is 0 Å². The van der Waals surface area contributed by atoms with E-state index in [1.165, 1.54) is 0 Å². The molecule has 9 heteroatoms. The standard InChI is InChI=1S/C32H53IO8/c1-9-10-22(34)25-20(4)29(38)40-26(25)27(35)31(7,33)15-11-18(2)39-24-17-21(19(3)28(36)37)12-16-32(8)23(41-32)13-14-30(24,5)6/h9,18-19,21-27,29,34-35,38H,1,4,10-17H2,2-3,5-8H3,(H,36,37)/t18?,19-,21?,22?,23?,24?,25?,26?,27?,29?,31?,32?/m1/s1. The van der Waals surface area contributed by atoms with E-state index in [4.69, 9.17) is 14.2 Å². The largest absolute Gasteiger partial charge is 0.481 e. The van der Waals surface area contributed by atoms with Gasteiger partial charge in [-0.1, -0.05) is 56.0 Å². The first-order chi connectivity index (χ1) is 18.9. The molecule has 8 nitrogen and oxygen atoms in total. The van der Waals surface area contributed by atoms with Gasteiger partial charge in [0.15, 0.2) is 6.29 Å². The fourth-order valence-corrected chi connectivity index (χ4v) is 7.36. The Hall–Kier alpha value is -0.560. The fraction of sp³-hybridized carbons (Fsp3) is 0.844. The maximum Gasteiger partial charge on any atom is 0.306 e. The zero-order valence-electron chi connectivity index (χ0n) is 25.7. The smallest absolute Gasteiger partial charge is 0.306 e. The Labute approximate surface area is 260 Å². The van der Waals surface area contributed by atoms with Gasteiger partial charge in [-0.15, -0.1) is 6.58 Å². The molecule has 3 fully saturated rings. The third-order valence-corrected chi connectivity index (χ3v) is 11.3. The Balaban J connectivity index is 1.68. The average molecular weight is 693 g/mol. The molecule has 0 aromatic heterocycles. The second-order valence-electron chi connectivity index (χ2n) is 14.0. The third-order valence-electron chi connectivity index (χ3n) is 10.2. The first-order valence-electron chi connectivity index (χ1n) is 15.2. The lowest BCUT2D eigenvalue weighted by Gasteiger charge is -2.40. The van der Waals surface area contributed by atoms with Crippen molar-refractivity contribution < 1.29 is 39.4 Å². The number of hydrogen-bond donors (Lipinski definition) is 4. The lowest BCUT2D eigenvalue weighted by atomic mass is 9.72. The Morgan fingerprint density at radius 3 is 2.51 bits per heavy atom. The second kappa shape index (κ2) is 13.6. The number of aliphatic carboxylic acids is 1. The number of hydrogen-bond acceptors (Lipinski definition) is 7. The fourth-order valence-electron chi connectivity index (χ4n) is 6.69. The molecule has 2 saturated heterocycles. The van der Waals surface area contributed by atoms with Crippen molar-refractivity contribution in [2.45, 2.75) is 145 Å². The summed E-state index contributed by atoms with van der Waals surface area (Å²) in [7, 11) is 0. The van der Waals surface area contributed by atoms with Gasteiger partial charge in [0, 0.05) is 9.34 Å². The number of rotatable bonds is 12. The van der Waals surface area contributed by atoms with Gasteiger partial charge in [-0.25, -0.2) is 0 Å². The van der Waals surface area contributed by atoms with E-state index in [9.17, 15) is 25.2 Å². The highest BCUT2D eigenvalue weighted by Crippen LogP contribution is 2.49. The van der Waals surface area contributed by atoms with Crippen molar-refractivity contribution in [3.8, 4) is 0 Å². The van der Waals surface area contributed by atoms with Crippen LogP contribution in [0.15, 0.2) is 24.8 Å². The van der Waals surface area contributed by atoms with E-state index >= 15 is 0 Å². The summed E-state index contributed by atoms with van der Waals surface area (Å²) >= 11 is 2.24. The van der Waals surface area contributed by atoms with Crippen molar-refractivity contribution in [1.82, 2.24) is 0 Å². The molecule has 236 valence electrons. The number of aliphatic hydroxyl groups excluding tert-OH is 3. The van der Waals surface area contributed by atoms with Crippen LogP contribution in [0, 0.1) is 23.2 Å². The Kier molecular flexibility index (Phi) is 11.6. The van der Waals surface area contributed by atoms with Crippen LogP contribution < -0.4 is 0 Å². The lowest BCUT2D eigenvalue weighted by Crippen LogP contribution is -2.48. The van der Waals surface area contributed by atoms with Crippen LogP contribution >= 0.6 is 22.6 Å². The number of ether oxygens (including phenoxy) is 3. The van der Waals surface area contributed by atoms with E-state index < -0.39 is 45.8 Å². The van der Waals surface area contributed by atoms with Gasteiger partial charge in [0.1, 0.15) is 0 Å². The van der Waals surface area contributed by atoms with Crippen LogP contribution in [0.25, 0.3) is 0 Å². The van der Waals surface area contributed by atoms with Crippen molar-refractivity contribution in [2.75, 3.05) is 0 Å². The summed E-state index contributed by atoms with van der Waals surface area (Å²) in [5.74, 6) is -1.86.